The molecule has 0 aliphatic heterocycles. The van der Waals surface area contributed by atoms with Crippen molar-refractivity contribution in [3.63, 3.8) is 0 Å². The monoisotopic (exact) mass is 487 g/mol. The second kappa shape index (κ2) is 8.47. The maximum Gasteiger partial charge on any atom is 0.294 e. The van der Waals surface area contributed by atoms with Crippen molar-refractivity contribution >= 4 is 45.2 Å². The zero-order valence-electron chi connectivity index (χ0n) is 17.9. The topological polar surface area (TPSA) is 98.8 Å². The van der Waals surface area contributed by atoms with Crippen LogP contribution >= 0.6 is 23.1 Å². The molecule has 168 valence electrons. The molecular formula is C24H17N5O3S2. The van der Waals surface area contributed by atoms with E-state index < -0.39 is 0 Å². The first-order valence-electron chi connectivity index (χ1n) is 10.4. The van der Waals surface area contributed by atoms with E-state index in [1.54, 1.807) is 18.4 Å². The number of aromatic amines is 1. The van der Waals surface area contributed by atoms with Crippen molar-refractivity contribution in [2.75, 3.05) is 7.11 Å². The summed E-state index contributed by atoms with van der Waals surface area (Å²) >= 11 is 3.02. The maximum atomic E-state index is 12.7. The Kier molecular flexibility index (Phi) is 5.16. The van der Waals surface area contributed by atoms with Gasteiger partial charge >= 0.3 is 0 Å². The van der Waals surface area contributed by atoms with Gasteiger partial charge in [-0.2, -0.15) is 0 Å². The van der Waals surface area contributed by atoms with Crippen LogP contribution in [0.25, 0.3) is 38.5 Å². The van der Waals surface area contributed by atoms with Gasteiger partial charge < -0.3 is 14.1 Å². The number of thioether (sulfide) groups is 1. The SMILES string of the molecule is COc1ccccc1-n1c(SCc2nc3c(oc4ccccc43)c(=O)[nH]2)nnc1-c1cccs1. The highest BCUT2D eigenvalue weighted by Gasteiger charge is 2.20. The molecule has 0 amide bonds. The van der Waals surface area contributed by atoms with Crippen LogP contribution in [0.2, 0.25) is 0 Å². The van der Waals surface area contributed by atoms with Crippen LogP contribution < -0.4 is 10.3 Å². The minimum absolute atomic E-state index is 0.229. The number of H-pyrrole nitrogens is 1. The van der Waals surface area contributed by atoms with Gasteiger partial charge in [0.15, 0.2) is 11.0 Å². The fourth-order valence-corrected chi connectivity index (χ4v) is 5.32. The molecule has 34 heavy (non-hydrogen) atoms. The van der Waals surface area contributed by atoms with Crippen molar-refractivity contribution < 1.29 is 9.15 Å². The summed E-state index contributed by atoms with van der Waals surface area (Å²) in [7, 11) is 1.64. The number of thiophene rings is 1. The largest absolute Gasteiger partial charge is 0.495 e. The number of furan rings is 1. The molecular weight excluding hydrogens is 470 g/mol. The second-order valence-corrected chi connectivity index (χ2v) is 9.26. The van der Waals surface area contributed by atoms with Gasteiger partial charge in [-0.15, -0.1) is 21.5 Å². The molecule has 0 atom stereocenters. The zero-order chi connectivity index (χ0) is 23.1. The van der Waals surface area contributed by atoms with Crippen LogP contribution in [-0.2, 0) is 5.75 Å². The standard InChI is InChI=1S/C24H17N5O3S2/c1-31-17-10-5-3-8-15(17)29-22(18-11-6-12-33-18)27-28-24(29)34-13-19-25-20-14-7-2-4-9-16(14)32-21(20)23(30)26-19/h2-12H,13H2,1H3,(H,25,26,30). The summed E-state index contributed by atoms with van der Waals surface area (Å²) in [4.78, 5) is 21.2. The van der Waals surface area contributed by atoms with Crippen molar-refractivity contribution in [1.29, 1.82) is 0 Å². The zero-order valence-corrected chi connectivity index (χ0v) is 19.5. The van der Waals surface area contributed by atoms with Crippen LogP contribution in [-0.4, -0.2) is 31.8 Å². The fraction of sp³-hybridized carbons (Fsp3) is 0.0833. The Morgan fingerprint density at radius 1 is 1.09 bits per heavy atom. The molecule has 6 rings (SSSR count). The van der Waals surface area contributed by atoms with E-state index in [-0.39, 0.29) is 11.1 Å². The fourth-order valence-electron chi connectivity index (χ4n) is 3.81. The Bertz CT molecular complexity index is 1680. The van der Waals surface area contributed by atoms with Gasteiger partial charge in [-0.05, 0) is 35.7 Å². The quantitative estimate of drug-likeness (QED) is 0.319. The Hall–Kier alpha value is -3.89. The number of hydrogen-bond donors (Lipinski definition) is 1. The Morgan fingerprint density at radius 3 is 2.79 bits per heavy atom. The number of fused-ring (bicyclic) bond motifs is 3. The summed E-state index contributed by atoms with van der Waals surface area (Å²) in [6, 6.07) is 19.2. The average Bonchev–Trinajstić information content (AvgIpc) is 3.61. The number of para-hydroxylation sites is 3. The molecule has 1 N–H and O–H groups in total. The van der Waals surface area contributed by atoms with Crippen LogP contribution in [0.4, 0.5) is 0 Å². The predicted octanol–water partition coefficient (Wildman–Crippen LogP) is 5.28. The van der Waals surface area contributed by atoms with Crippen LogP contribution in [0.1, 0.15) is 5.82 Å². The van der Waals surface area contributed by atoms with E-state index in [0.717, 1.165) is 21.8 Å². The smallest absolute Gasteiger partial charge is 0.294 e. The molecule has 4 heterocycles. The summed E-state index contributed by atoms with van der Waals surface area (Å²) < 4.78 is 13.3. The molecule has 2 aromatic carbocycles. The highest BCUT2D eigenvalue weighted by atomic mass is 32.2. The van der Waals surface area contributed by atoms with Crippen molar-refractivity contribution in [3.8, 4) is 22.1 Å². The van der Waals surface area contributed by atoms with Crippen LogP contribution in [0, 0.1) is 0 Å². The number of ether oxygens (including phenoxy) is 1. The Labute approximate surface area is 201 Å². The number of hydrogen-bond acceptors (Lipinski definition) is 8. The first kappa shape index (κ1) is 20.7. The third-order valence-corrected chi connectivity index (χ3v) is 7.13. The molecule has 0 fully saturated rings. The Balaban J connectivity index is 1.41. The third-order valence-electron chi connectivity index (χ3n) is 5.32. The molecule has 0 radical (unpaired) electrons. The van der Waals surface area contributed by atoms with Crippen LogP contribution in [0.5, 0.6) is 5.75 Å². The van der Waals surface area contributed by atoms with Crippen LogP contribution in [0.15, 0.2) is 80.4 Å². The number of aromatic nitrogens is 5. The maximum absolute atomic E-state index is 12.7. The lowest BCUT2D eigenvalue weighted by Gasteiger charge is -2.13. The summed E-state index contributed by atoms with van der Waals surface area (Å²) in [6.45, 7) is 0. The number of methoxy groups -OCH3 is 1. The highest BCUT2D eigenvalue weighted by molar-refractivity contribution is 7.98. The van der Waals surface area contributed by atoms with Gasteiger partial charge in [-0.1, -0.05) is 42.1 Å². The molecule has 6 aromatic rings. The van der Waals surface area contributed by atoms with Crippen molar-refractivity contribution in [3.05, 3.63) is 82.2 Å². The van der Waals surface area contributed by atoms with E-state index in [2.05, 4.69) is 20.2 Å². The molecule has 8 nitrogen and oxygen atoms in total. The van der Waals surface area contributed by atoms with Gasteiger partial charge in [0.1, 0.15) is 22.7 Å². The molecule has 4 aromatic heterocycles. The van der Waals surface area contributed by atoms with Gasteiger partial charge in [-0.25, -0.2) is 4.98 Å². The molecule has 0 spiro atoms. The van der Waals surface area contributed by atoms with Crippen LogP contribution in [0.3, 0.4) is 0 Å². The number of nitrogens with zero attached hydrogens (tertiary/aromatic N) is 4. The molecule has 0 aliphatic carbocycles. The summed E-state index contributed by atoms with van der Waals surface area (Å²) in [6.07, 6.45) is 0. The van der Waals surface area contributed by atoms with Gasteiger partial charge in [0.25, 0.3) is 5.56 Å². The normalized spacial score (nSPS) is 11.4. The molecule has 0 unspecified atom stereocenters. The molecule has 0 saturated heterocycles. The van der Waals surface area contributed by atoms with Gasteiger partial charge in [0.2, 0.25) is 5.58 Å². The van der Waals surface area contributed by atoms with Gasteiger partial charge in [0.05, 0.1) is 23.4 Å². The number of benzene rings is 2. The first-order chi connectivity index (χ1) is 16.7. The van der Waals surface area contributed by atoms with Crippen molar-refractivity contribution in [2.24, 2.45) is 0 Å². The minimum Gasteiger partial charge on any atom is -0.495 e. The van der Waals surface area contributed by atoms with Gasteiger partial charge in [0, 0.05) is 5.39 Å². The summed E-state index contributed by atoms with van der Waals surface area (Å²) in [5, 5.41) is 12.4. The first-order valence-corrected chi connectivity index (χ1v) is 12.3. The summed E-state index contributed by atoms with van der Waals surface area (Å²) in [5.41, 5.74) is 1.95. The van der Waals surface area contributed by atoms with Gasteiger partial charge in [-0.3, -0.25) is 9.36 Å². The lowest BCUT2D eigenvalue weighted by atomic mass is 10.2. The van der Waals surface area contributed by atoms with E-state index in [0.29, 0.717) is 33.6 Å². The van der Waals surface area contributed by atoms with E-state index in [9.17, 15) is 4.79 Å². The molecule has 0 aliphatic rings. The number of nitrogens with one attached hydrogen (secondary N) is 1. The van der Waals surface area contributed by atoms with E-state index in [4.69, 9.17) is 9.15 Å². The predicted molar refractivity (Wildman–Crippen MR) is 133 cm³/mol. The highest BCUT2D eigenvalue weighted by Crippen LogP contribution is 2.35. The van der Waals surface area contributed by atoms with E-state index in [1.165, 1.54) is 11.8 Å². The molecule has 10 heteroatoms. The molecule has 0 saturated carbocycles. The van der Waals surface area contributed by atoms with Crippen molar-refractivity contribution in [2.45, 2.75) is 10.9 Å². The lowest BCUT2D eigenvalue weighted by molar-refractivity contribution is 0.412. The average molecular weight is 488 g/mol. The minimum atomic E-state index is -0.303. The lowest BCUT2D eigenvalue weighted by Crippen LogP contribution is -2.10. The second-order valence-electron chi connectivity index (χ2n) is 7.37. The third kappa shape index (κ3) is 3.47. The van der Waals surface area contributed by atoms with E-state index >= 15 is 0 Å². The number of rotatable bonds is 6. The Morgan fingerprint density at radius 2 is 1.94 bits per heavy atom. The van der Waals surface area contributed by atoms with E-state index in [1.807, 2.05) is 70.6 Å². The molecule has 0 bridgehead atoms. The summed E-state index contributed by atoms with van der Waals surface area (Å²) in [5.74, 6) is 2.35. The van der Waals surface area contributed by atoms with Crippen molar-refractivity contribution in [1.82, 2.24) is 24.7 Å².